The van der Waals surface area contributed by atoms with Gasteiger partial charge in [-0.3, -0.25) is 0 Å². The van der Waals surface area contributed by atoms with Crippen LogP contribution in [0.25, 0.3) is 0 Å². The summed E-state index contributed by atoms with van der Waals surface area (Å²) in [5, 5.41) is 10.0. The van der Waals surface area contributed by atoms with E-state index in [-0.39, 0.29) is 0 Å². The lowest BCUT2D eigenvalue weighted by molar-refractivity contribution is 0.181. The number of methoxy groups -OCH3 is 1. The van der Waals surface area contributed by atoms with Gasteiger partial charge in [0.15, 0.2) is 0 Å². The maximum Gasteiger partial charge on any atom is 0.130 e. The molecule has 1 fully saturated rings. The lowest BCUT2D eigenvalue weighted by Gasteiger charge is -2.12. The highest BCUT2D eigenvalue weighted by Gasteiger charge is 2.14. The molecule has 0 unspecified atom stereocenters. The third-order valence-corrected chi connectivity index (χ3v) is 4.03. The zero-order chi connectivity index (χ0) is 12.1. The van der Waals surface area contributed by atoms with Gasteiger partial charge in [0.25, 0.3) is 0 Å². The van der Waals surface area contributed by atoms with Crippen molar-refractivity contribution in [3.05, 3.63) is 15.6 Å². The number of hydrogen-bond donors (Lipinski definition) is 0. The second-order valence-electron chi connectivity index (χ2n) is 4.23. The summed E-state index contributed by atoms with van der Waals surface area (Å²) < 4.78 is 5.04. The number of ether oxygens (including phenoxy) is 1. The Morgan fingerprint density at radius 2 is 2.24 bits per heavy atom. The normalized spacial score (nSPS) is 16.2. The average Bonchev–Trinajstić information content (AvgIpc) is 2.95. The molecule has 0 aliphatic carbocycles. The smallest absolute Gasteiger partial charge is 0.130 e. The van der Waals surface area contributed by atoms with E-state index in [2.05, 4.69) is 16.0 Å². The first-order valence-corrected chi connectivity index (χ1v) is 6.75. The van der Waals surface area contributed by atoms with E-state index in [0.717, 1.165) is 23.7 Å². The van der Waals surface area contributed by atoms with E-state index in [1.807, 2.05) is 0 Å². The van der Waals surface area contributed by atoms with Crippen molar-refractivity contribution in [3.63, 3.8) is 0 Å². The summed E-state index contributed by atoms with van der Waals surface area (Å²) in [6.45, 7) is 3.91. The Morgan fingerprint density at radius 3 is 2.88 bits per heavy atom. The molecule has 0 radical (unpaired) electrons. The molecule has 1 aliphatic rings. The molecule has 92 valence electrons. The molecule has 0 N–H and O–H groups in total. The fraction of sp³-hybridized carbons (Fsp3) is 0.667. The molecule has 1 saturated heterocycles. The minimum Gasteiger partial charge on any atom is -0.378 e. The van der Waals surface area contributed by atoms with E-state index < -0.39 is 0 Å². The number of hydrogen-bond acceptors (Lipinski definition) is 5. The zero-order valence-electron chi connectivity index (χ0n) is 10.1. The predicted octanol–water partition coefficient (Wildman–Crippen LogP) is 1.80. The first-order valence-electron chi connectivity index (χ1n) is 5.93. The minimum atomic E-state index is 0.434. The van der Waals surface area contributed by atoms with Crippen molar-refractivity contribution in [2.45, 2.75) is 25.9 Å². The molecule has 0 amide bonds. The molecule has 0 atom stereocenters. The van der Waals surface area contributed by atoms with Gasteiger partial charge in [0.05, 0.1) is 17.3 Å². The van der Waals surface area contributed by atoms with Crippen LogP contribution < -0.4 is 0 Å². The highest BCUT2D eigenvalue weighted by Crippen LogP contribution is 2.19. The minimum absolute atomic E-state index is 0.434. The van der Waals surface area contributed by atoms with Crippen LogP contribution in [-0.4, -0.2) is 36.6 Å². The molecule has 1 aliphatic heterocycles. The summed E-state index contributed by atoms with van der Waals surface area (Å²) in [6.07, 6.45) is 3.58. The molecule has 0 spiro atoms. The molecule has 0 aromatic carbocycles. The highest BCUT2D eigenvalue weighted by molar-refractivity contribution is 7.12. The van der Waals surface area contributed by atoms with Crippen molar-refractivity contribution >= 4 is 11.3 Å². The van der Waals surface area contributed by atoms with Gasteiger partial charge >= 0.3 is 0 Å². The summed E-state index contributed by atoms with van der Waals surface area (Å²) in [7, 11) is 1.63. The summed E-state index contributed by atoms with van der Waals surface area (Å²) in [4.78, 5) is 7.64. The molecular formula is C12H17N3OS. The van der Waals surface area contributed by atoms with Crippen LogP contribution >= 0.6 is 11.3 Å². The molecule has 5 heteroatoms. The van der Waals surface area contributed by atoms with Gasteiger partial charge in [0.1, 0.15) is 10.9 Å². The van der Waals surface area contributed by atoms with Crippen molar-refractivity contribution in [1.29, 1.82) is 5.26 Å². The van der Waals surface area contributed by atoms with Gasteiger partial charge in [-0.25, -0.2) is 4.98 Å². The van der Waals surface area contributed by atoms with E-state index in [4.69, 9.17) is 10.00 Å². The van der Waals surface area contributed by atoms with Crippen LogP contribution in [0.3, 0.4) is 0 Å². The first kappa shape index (κ1) is 12.5. The largest absolute Gasteiger partial charge is 0.378 e. The molecule has 1 aromatic rings. The SMILES string of the molecule is COCc1nc(CCN2CCCC2)sc1C#N. The lowest BCUT2D eigenvalue weighted by Crippen LogP contribution is -2.21. The van der Waals surface area contributed by atoms with Gasteiger partial charge < -0.3 is 9.64 Å². The number of nitriles is 1. The van der Waals surface area contributed by atoms with Gasteiger partial charge in [0.2, 0.25) is 0 Å². The van der Waals surface area contributed by atoms with Crippen molar-refractivity contribution in [2.24, 2.45) is 0 Å². The van der Waals surface area contributed by atoms with Crippen LogP contribution in [0.5, 0.6) is 0 Å². The zero-order valence-corrected chi connectivity index (χ0v) is 10.9. The average molecular weight is 251 g/mol. The Labute approximate surface area is 106 Å². The standard InChI is InChI=1S/C12H17N3OS/c1-16-9-10-11(8-13)17-12(14-10)4-7-15-5-2-3-6-15/h2-7,9H2,1H3. The van der Waals surface area contributed by atoms with Crippen molar-refractivity contribution in [1.82, 2.24) is 9.88 Å². The summed E-state index contributed by atoms with van der Waals surface area (Å²) in [6, 6.07) is 2.19. The van der Waals surface area contributed by atoms with Gasteiger partial charge in [-0.15, -0.1) is 11.3 Å². The van der Waals surface area contributed by atoms with Crippen molar-refractivity contribution < 1.29 is 4.74 Å². The third kappa shape index (κ3) is 3.25. The van der Waals surface area contributed by atoms with Crippen molar-refractivity contribution in [2.75, 3.05) is 26.7 Å². The predicted molar refractivity (Wildman–Crippen MR) is 66.9 cm³/mol. The maximum atomic E-state index is 8.99. The first-order chi connectivity index (χ1) is 8.33. The van der Waals surface area contributed by atoms with Crippen molar-refractivity contribution in [3.8, 4) is 6.07 Å². The third-order valence-electron chi connectivity index (χ3n) is 2.96. The number of likely N-dealkylation sites (tertiary alicyclic amines) is 1. The van der Waals surface area contributed by atoms with Gasteiger partial charge in [-0.1, -0.05) is 0 Å². The van der Waals surface area contributed by atoms with Gasteiger partial charge in [-0.2, -0.15) is 5.26 Å². The highest BCUT2D eigenvalue weighted by atomic mass is 32.1. The van der Waals surface area contributed by atoms with E-state index in [9.17, 15) is 0 Å². The summed E-state index contributed by atoms with van der Waals surface area (Å²) in [5.74, 6) is 0. The quantitative estimate of drug-likeness (QED) is 0.800. The van der Waals surface area contributed by atoms with E-state index in [1.54, 1.807) is 7.11 Å². The molecule has 2 rings (SSSR count). The fourth-order valence-corrected chi connectivity index (χ4v) is 2.94. The molecule has 2 heterocycles. The Morgan fingerprint density at radius 1 is 1.47 bits per heavy atom. The second kappa shape index (κ2) is 6.10. The van der Waals surface area contributed by atoms with Crippen LogP contribution in [0.1, 0.15) is 28.4 Å². The van der Waals surface area contributed by atoms with Crippen LogP contribution in [0.2, 0.25) is 0 Å². The Hall–Kier alpha value is -0.960. The summed E-state index contributed by atoms with van der Waals surface area (Å²) in [5.41, 5.74) is 0.788. The fourth-order valence-electron chi connectivity index (χ4n) is 2.09. The molecular weight excluding hydrogens is 234 g/mol. The Kier molecular flexibility index (Phi) is 4.49. The monoisotopic (exact) mass is 251 g/mol. The Balaban J connectivity index is 1.93. The van der Waals surface area contributed by atoms with Crippen LogP contribution in [0.15, 0.2) is 0 Å². The molecule has 4 nitrogen and oxygen atoms in total. The van der Waals surface area contributed by atoms with Crippen LogP contribution in [-0.2, 0) is 17.8 Å². The topological polar surface area (TPSA) is 49.1 Å². The maximum absolute atomic E-state index is 8.99. The van der Waals surface area contributed by atoms with Crippen LogP contribution in [0, 0.1) is 11.3 Å². The number of nitrogens with zero attached hydrogens (tertiary/aromatic N) is 3. The summed E-state index contributed by atoms with van der Waals surface area (Å²) >= 11 is 1.50. The lowest BCUT2D eigenvalue weighted by atomic mass is 10.4. The molecule has 0 bridgehead atoms. The molecule has 1 aromatic heterocycles. The Bertz CT molecular complexity index is 404. The van der Waals surface area contributed by atoms with Gasteiger partial charge in [0, 0.05) is 20.1 Å². The second-order valence-corrected chi connectivity index (χ2v) is 5.31. The van der Waals surface area contributed by atoms with Crippen LogP contribution in [0.4, 0.5) is 0 Å². The van der Waals surface area contributed by atoms with E-state index in [0.29, 0.717) is 11.5 Å². The van der Waals surface area contributed by atoms with E-state index in [1.165, 1.54) is 37.3 Å². The van der Waals surface area contributed by atoms with Gasteiger partial charge in [-0.05, 0) is 25.9 Å². The van der Waals surface area contributed by atoms with E-state index >= 15 is 0 Å². The molecule has 0 saturated carbocycles. The number of rotatable bonds is 5. The molecule has 17 heavy (non-hydrogen) atoms. The number of aromatic nitrogens is 1. The number of thiazole rings is 1.